The van der Waals surface area contributed by atoms with Gasteiger partial charge in [-0.05, 0) is 25.5 Å². The van der Waals surface area contributed by atoms with Crippen LogP contribution in [0.4, 0.5) is 0 Å². The Labute approximate surface area is 159 Å². The lowest BCUT2D eigenvalue weighted by molar-refractivity contribution is -0.123. The van der Waals surface area contributed by atoms with E-state index in [9.17, 15) is 9.59 Å². The summed E-state index contributed by atoms with van der Waals surface area (Å²) >= 11 is 0. The zero-order valence-electron chi connectivity index (χ0n) is 15.8. The second kappa shape index (κ2) is 7.64. The molecule has 6 heteroatoms. The molecule has 2 aliphatic rings. The van der Waals surface area contributed by atoms with Gasteiger partial charge in [0.25, 0.3) is 5.91 Å². The lowest BCUT2D eigenvalue weighted by Gasteiger charge is -2.32. The summed E-state index contributed by atoms with van der Waals surface area (Å²) in [6.07, 6.45) is 3.06. The SMILES string of the molecule is CN1CCc2[nH]nc(C(=O)N3CCC[C@H](C(=O)Cc4ccccc4)C3)c2C1. The van der Waals surface area contributed by atoms with Crippen LogP contribution in [0.25, 0.3) is 0 Å². The zero-order chi connectivity index (χ0) is 18.8. The van der Waals surface area contributed by atoms with Crippen LogP contribution in [-0.2, 0) is 24.2 Å². The predicted molar refractivity (Wildman–Crippen MR) is 102 cm³/mol. The molecule has 1 amide bonds. The molecule has 6 nitrogen and oxygen atoms in total. The van der Waals surface area contributed by atoms with E-state index in [1.807, 2.05) is 35.2 Å². The number of carbonyl (C=O) groups excluding carboxylic acids is 2. The fourth-order valence-corrected chi connectivity index (χ4v) is 4.12. The number of benzene rings is 1. The predicted octanol–water partition coefficient (Wildman–Crippen LogP) is 2.06. The first kappa shape index (κ1) is 17.9. The van der Waals surface area contributed by atoms with Crippen molar-refractivity contribution in [3.63, 3.8) is 0 Å². The summed E-state index contributed by atoms with van der Waals surface area (Å²) in [6, 6.07) is 9.83. The summed E-state index contributed by atoms with van der Waals surface area (Å²) < 4.78 is 0. The molecule has 3 heterocycles. The van der Waals surface area contributed by atoms with Gasteiger partial charge in [-0.3, -0.25) is 14.7 Å². The molecule has 0 aliphatic carbocycles. The zero-order valence-corrected chi connectivity index (χ0v) is 15.8. The molecule has 0 spiro atoms. The van der Waals surface area contributed by atoms with Crippen molar-refractivity contribution in [1.29, 1.82) is 0 Å². The van der Waals surface area contributed by atoms with Crippen molar-refractivity contribution >= 4 is 11.7 Å². The number of carbonyl (C=O) groups is 2. The van der Waals surface area contributed by atoms with Gasteiger partial charge in [-0.15, -0.1) is 0 Å². The van der Waals surface area contributed by atoms with Crippen molar-refractivity contribution in [3.8, 4) is 0 Å². The summed E-state index contributed by atoms with van der Waals surface area (Å²) in [6.45, 7) is 2.92. The molecule has 1 aromatic heterocycles. The number of hydrogen-bond donors (Lipinski definition) is 1. The summed E-state index contributed by atoms with van der Waals surface area (Å²) in [5.74, 6) is 0.0999. The average molecular weight is 366 g/mol. The second-order valence-corrected chi connectivity index (χ2v) is 7.74. The van der Waals surface area contributed by atoms with Crippen molar-refractivity contribution in [1.82, 2.24) is 20.0 Å². The van der Waals surface area contributed by atoms with Crippen LogP contribution >= 0.6 is 0 Å². The molecule has 0 radical (unpaired) electrons. The Morgan fingerprint density at radius 1 is 1.22 bits per heavy atom. The van der Waals surface area contributed by atoms with Gasteiger partial charge in [0.2, 0.25) is 0 Å². The lowest BCUT2D eigenvalue weighted by atomic mass is 9.90. The van der Waals surface area contributed by atoms with Gasteiger partial charge in [-0.1, -0.05) is 30.3 Å². The van der Waals surface area contributed by atoms with Gasteiger partial charge in [0, 0.05) is 56.2 Å². The third-order valence-corrected chi connectivity index (χ3v) is 5.71. The highest BCUT2D eigenvalue weighted by atomic mass is 16.2. The molecule has 27 heavy (non-hydrogen) atoms. The molecule has 1 atom stereocenters. The number of aromatic nitrogens is 2. The van der Waals surface area contributed by atoms with Crippen molar-refractivity contribution in [3.05, 3.63) is 52.8 Å². The van der Waals surface area contributed by atoms with E-state index in [0.29, 0.717) is 25.2 Å². The molecule has 0 bridgehead atoms. The van der Waals surface area contributed by atoms with Gasteiger partial charge in [-0.25, -0.2) is 0 Å². The maximum atomic E-state index is 13.1. The number of nitrogens with one attached hydrogen (secondary N) is 1. The molecule has 4 rings (SSSR count). The molecule has 2 aromatic rings. The highest BCUT2D eigenvalue weighted by Gasteiger charge is 2.32. The molecule has 2 aliphatic heterocycles. The highest BCUT2D eigenvalue weighted by molar-refractivity contribution is 5.94. The Bertz CT molecular complexity index is 830. The van der Waals surface area contributed by atoms with Gasteiger partial charge < -0.3 is 9.80 Å². The molecule has 1 fully saturated rings. The number of nitrogens with zero attached hydrogens (tertiary/aromatic N) is 3. The summed E-state index contributed by atoms with van der Waals surface area (Å²) in [5.41, 5.74) is 3.67. The van der Waals surface area contributed by atoms with E-state index in [2.05, 4.69) is 22.1 Å². The van der Waals surface area contributed by atoms with E-state index < -0.39 is 0 Å². The number of Topliss-reactive ketones (excluding diaryl/α,β-unsaturated/α-hetero) is 1. The summed E-state index contributed by atoms with van der Waals surface area (Å²) in [4.78, 5) is 29.8. The lowest BCUT2D eigenvalue weighted by Crippen LogP contribution is -2.43. The minimum Gasteiger partial charge on any atom is -0.337 e. The van der Waals surface area contributed by atoms with Crippen LogP contribution in [0.3, 0.4) is 0 Å². The number of ketones is 1. The minimum absolute atomic E-state index is 0.0417. The third kappa shape index (κ3) is 3.81. The van der Waals surface area contributed by atoms with E-state index in [0.717, 1.165) is 49.2 Å². The van der Waals surface area contributed by atoms with Crippen molar-refractivity contribution < 1.29 is 9.59 Å². The Morgan fingerprint density at radius 3 is 2.85 bits per heavy atom. The first-order valence-electron chi connectivity index (χ1n) is 9.72. The van der Waals surface area contributed by atoms with Crippen LogP contribution < -0.4 is 0 Å². The first-order valence-corrected chi connectivity index (χ1v) is 9.72. The number of aromatic amines is 1. The monoisotopic (exact) mass is 366 g/mol. The van der Waals surface area contributed by atoms with Crippen molar-refractivity contribution in [2.45, 2.75) is 32.2 Å². The van der Waals surface area contributed by atoms with E-state index in [1.165, 1.54) is 0 Å². The van der Waals surface area contributed by atoms with Gasteiger partial charge >= 0.3 is 0 Å². The fraction of sp³-hybridized carbons (Fsp3) is 0.476. The Morgan fingerprint density at radius 2 is 2.04 bits per heavy atom. The molecular weight excluding hydrogens is 340 g/mol. The molecule has 142 valence electrons. The van der Waals surface area contributed by atoms with Crippen LogP contribution in [0, 0.1) is 5.92 Å². The molecule has 1 saturated heterocycles. The number of H-pyrrole nitrogens is 1. The quantitative estimate of drug-likeness (QED) is 0.899. The van der Waals surface area contributed by atoms with Gasteiger partial charge in [-0.2, -0.15) is 5.10 Å². The smallest absolute Gasteiger partial charge is 0.274 e. The molecule has 1 aromatic carbocycles. The maximum absolute atomic E-state index is 13.1. The van der Waals surface area contributed by atoms with Gasteiger partial charge in [0.1, 0.15) is 5.78 Å². The van der Waals surface area contributed by atoms with Crippen molar-refractivity contribution in [2.24, 2.45) is 5.92 Å². The van der Waals surface area contributed by atoms with Crippen LogP contribution in [0.2, 0.25) is 0 Å². The molecule has 0 unspecified atom stereocenters. The van der Waals surface area contributed by atoms with E-state index >= 15 is 0 Å². The molecule has 1 N–H and O–H groups in total. The summed E-state index contributed by atoms with van der Waals surface area (Å²) in [5, 5.41) is 7.36. The average Bonchev–Trinajstić information content (AvgIpc) is 3.11. The third-order valence-electron chi connectivity index (χ3n) is 5.71. The Hall–Kier alpha value is -2.47. The largest absolute Gasteiger partial charge is 0.337 e. The highest BCUT2D eigenvalue weighted by Crippen LogP contribution is 2.24. The number of piperidine rings is 1. The van der Waals surface area contributed by atoms with Crippen molar-refractivity contribution in [2.75, 3.05) is 26.7 Å². The van der Waals surface area contributed by atoms with Gasteiger partial charge in [0.05, 0.1) is 0 Å². The number of amides is 1. The number of rotatable bonds is 4. The standard InChI is InChI=1S/C21H26N4O2/c1-24-11-9-18-17(14-24)20(23-22-18)21(27)25-10-5-8-16(13-25)19(26)12-15-6-3-2-4-7-15/h2-4,6-7,16H,5,8-14H2,1H3,(H,22,23)/t16-/m0/s1. The second-order valence-electron chi connectivity index (χ2n) is 7.74. The van der Waals surface area contributed by atoms with E-state index in [-0.39, 0.29) is 17.6 Å². The van der Waals surface area contributed by atoms with E-state index in [1.54, 1.807) is 0 Å². The van der Waals surface area contributed by atoms with Crippen LogP contribution in [-0.4, -0.2) is 58.4 Å². The van der Waals surface area contributed by atoms with E-state index in [4.69, 9.17) is 0 Å². The maximum Gasteiger partial charge on any atom is 0.274 e. The Kier molecular flexibility index (Phi) is 5.07. The normalized spacial score (nSPS) is 20.3. The fourth-order valence-electron chi connectivity index (χ4n) is 4.12. The van der Waals surface area contributed by atoms with Gasteiger partial charge in [0.15, 0.2) is 5.69 Å². The Balaban J connectivity index is 1.44. The number of likely N-dealkylation sites (tertiary alicyclic amines) is 1. The van der Waals surface area contributed by atoms with Crippen LogP contribution in [0.5, 0.6) is 0 Å². The first-order chi connectivity index (χ1) is 13.1. The number of hydrogen-bond acceptors (Lipinski definition) is 4. The van der Waals surface area contributed by atoms with Crippen LogP contribution in [0.1, 0.15) is 40.2 Å². The number of likely N-dealkylation sites (N-methyl/N-ethyl adjacent to an activating group) is 1. The topological polar surface area (TPSA) is 69.3 Å². The minimum atomic E-state index is -0.0830. The van der Waals surface area contributed by atoms with Crippen LogP contribution in [0.15, 0.2) is 30.3 Å². The molecular formula is C21H26N4O2. The summed E-state index contributed by atoms with van der Waals surface area (Å²) in [7, 11) is 2.06. The number of fused-ring (bicyclic) bond motifs is 1. The molecule has 0 saturated carbocycles.